The zero-order valence-corrected chi connectivity index (χ0v) is 11.5. The van der Waals surface area contributed by atoms with Gasteiger partial charge in [-0.2, -0.15) is 4.68 Å². The molecule has 0 aliphatic carbocycles. The topological polar surface area (TPSA) is 77.0 Å². The second kappa shape index (κ2) is 5.51. The molecule has 1 amide bonds. The number of carbonyl (C=O) groups is 1. The Morgan fingerprint density at radius 2 is 1.81 bits per heavy atom. The van der Waals surface area contributed by atoms with Gasteiger partial charge in [0.2, 0.25) is 0 Å². The number of nitrogen functional groups attached to an aromatic ring is 1. The molecular formula is C14H16FN5O. The normalized spacial score (nSPS) is 15.2. The Balaban J connectivity index is 1.88. The summed E-state index contributed by atoms with van der Waals surface area (Å²) in [6, 6.07) is 5.69. The lowest BCUT2D eigenvalue weighted by Crippen LogP contribution is -2.36. The van der Waals surface area contributed by atoms with Crippen LogP contribution in [0.3, 0.4) is 0 Å². The van der Waals surface area contributed by atoms with E-state index in [2.05, 4.69) is 10.3 Å². The van der Waals surface area contributed by atoms with Crippen LogP contribution in [-0.2, 0) is 0 Å². The average molecular weight is 289 g/mol. The Morgan fingerprint density at radius 3 is 2.48 bits per heavy atom. The second-order valence-electron chi connectivity index (χ2n) is 5.06. The molecule has 3 rings (SSSR count). The Morgan fingerprint density at radius 1 is 1.14 bits per heavy atom. The molecule has 0 bridgehead atoms. The molecule has 1 aliphatic rings. The van der Waals surface area contributed by atoms with Gasteiger partial charge < -0.3 is 10.6 Å². The third-order valence-electron chi connectivity index (χ3n) is 3.62. The molecule has 7 heteroatoms. The molecule has 0 spiro atoms. The molecule has 110 valence electrons. The monoisotopic (exact) mass is 289 g/mol. The van der Waals surface area contributed by atoms with E-state index >= 15 is 0 Å². The highest BCUT2D eigenvalue weighted by molar-refractivity contribution is 5.96. The van der Waals surface area contributed by atoms with Crippen molar-refractivity contribution in [2.24, 2.45) is 0 Å². The van der Waals surface area contributed by atoms with Crippen LogP contribution < -0.4 is 5.73 Å². The number of benzene rings is 1. The minimum Gasteiger partial charge on any atom is -0.382 e. The zero-order chi connectivity index (χ0) is 14.8. The zero-order valence-electron chi connectivity index (χ0n) is 11.5. The first kappa shape index (κ1) is 13.5. The van der Waals surface area contributed by atoms with Gasteiger partial charge in [0.25, 0.3) is 5.91 Å². The number of anilines is 1. The summed E-state index contributed by atoms with van der Waals surface area (Å²) < 4.78 is 14.3. The molecule has 21 heavy (non-hydrogen) atoms. The van der Waals surface area contributed by atoms with Crippen LogP contribution in [0.25, 0.3) is 5.69 Å². The number of likely N-dealkylation sites (tertiary alicyclic amines) is 1. The van der Waals surface area contributed by atoms with Crippen LogP contribution in [0, 0.1) is 5.82 Å². The highest BCUT2D eigenvalue weighted by Gasteiger charge is 2.24. The molecular weight excluding hydrogens is 273 g/mol. The molecule has 1 aliphatic heterocycles. The number of carbonyl (C=O) groups excluding carboxylic acids is 1. The van der Waals surface area contributed by atoms with E-state index in [1.165, 1.54) is 28.9 Å². The summed E-state index contributed by atoms with van der Waals surface area (Å²) in [7, 11) is 0. The summed E-state index contributed by atoms with van der Waals surface area (Å²) in [5.74, 6) is -0.361. The van der Waals surface area contributed by atoms with Gasteiger partial charge in [-0.25, -0.2) is 4.39 Å². The van der Waals surface area contributed by atoms with Crippen LogP contribution in [0.5, 0.6) is 0 Å². The third-order valence-corrected chi connectivity index (χ3v) is 3.62. The first-order chi connectivity index (χ1) is 10.2. The predicted molar refractivity (Wildman–Crippen MR) is 75.5 cm³/mol. The van der Waals surface area contributed by atoms with Crippen LogP contribution in [-0.4, -0.2) is 38.9 Å². The van der Waals surface area contributed by atoms with Gasteiger partial charge in [-0.1, -0.05) is 5.21 Å². The van der Waals surface area contributed by atoms with Gasteiger partial charge in [0.05, 0.1) is 5.69 Å². The summed E-state index contributed by atoms with van der Waals surface area (Å²) in [5, 5.41) is 7.80. The number of nitrogens with two attached hydrogens (primary N) is 1. The van der Waals surface area contributed by atoms with E-state index in [4.69, 9.17) is 5.73 Å². The lowest BCUT2D eigenvalue weighted by atomic mass is 10.1. The van der Waals surface area contributed by atoms with Gasteiger partial charge >= 0.3 is 0 Å². The molecule has 1 fully saturated rings. The third kappa shape index (κ3) is 2.58. The minimum absolute atomic E-state index is 0.154. The Bertz CT molecular complexity index is 646. The molecule has 0 saturated carbocycles. The van der Waals surface area contributed by atoms with Crippen molar-refractivity contribution in [3.05, 3.63) is 35.8 Å². The summed E-state index contributed by atoms with van der Waals surface area (Å²) in [5.41, 5.74) is 6.70. The van der Waals surface area contributed by atoms with Gasteiger partial charge in [0, 0.05) is 13.1 Å². The number of aromatic nitrogens is 3. The van der Waals surface area contributed by atoms with E-state index in [-0.39, 0.29) is 23.2 Å². The molecule has 6 nitrogen and oxygen atoms in total. The van der Waals surface area contributed by atoms with Crippen molar-refractivity contribution in [2.45, 2.75) is 19.3 Å². The molecule has 0 atom stereocenters. The van der Waals surface area contributed by atoms with Crippen molar-refractivity contribution in [3.8, 4) is 5.69 Å². The van der Waals surface area contributed by atoms with Gasteiger partial charge in [0.15, 0.2) is 11.5 Å². The Labute approximate surface area is 121 Å². The van der Waals surface area contributed by atoms with E-state index in [9.17, 15) is 9.18 Å². The van der Waals surface area contributed by atoms with E-state index in [0.717, 1.165) is 32.4 Å². The van der Waals surface area contributed by atoms with E-state index < -0.39 is 0 Å². The summed E-state index contributed by atoms with van der Waals surface area (Å²) in [4.78, 5) is 14.1. The SMILES string of the molecule is Nc1c(C(=O)N2CCCCC2)nnn1-c1ccc(F)cc1. The van der Waals surface area contributed by atoms with E-state index in [0.29, 0.717) is 5.69 Å². The number of nitrogens with zero attached hydrogens (tertiary/aromatic N) is 4. The number of amides is 1. The summed E-state index contributed by atoms with van der Waals surface area (Å²) in [6.07, 6.45) is 3.14. The van der Waals surface area contributed by atoms with Crippen molar-refractivity contribution in [1.82, 2.24) is 19.9 Å². The molecule has 0 unspecified atom stereocenters. The number of rotatable bonds is 2. The largest absolute Gasteiger partial charge is 0.382 e. The maximum absolute atomic E-state index is 12.9. The van der Waals surface area contributed by atoms with Crippen molar-refractivity contribution >= 4 is 11.7 Å². The molecule has 2 N–H and O–H groups in total. The maximum atomic E-state index is 12.9. The van der Waals surface area contributed by atoms with E-state index in [1.54, 1.807) is 4.90 Å². The first-order valence-corrected chi connectivity index (χ1v) is 6.93. The molecule has 1 saturated heterocycles. The smallest absolute Gasteiger partial charge is 0.278 e. The van der Waals surface area contributed by atoms with Crippen LogP contribution in [0.4, 0.5) is 10.2 Å². The Kier molecular flexibility index (Phi) is 3.55. The highest BCUT2D eigenvalue weighted by atomic mass is 19.1. The van der Waals surface area contributed by atoms with Crippen molar-refractivity contribution < 1.29 is 9.18 Å². The van der Waals surface area contributed by atoms with Crippen LogP contribution in [0.1, 0.15) is 29.8 Å². The maximum Gasteiger partial charge on any atom is 0.278 e. The fraction of sp³-hybridized carbons (Fsp3) is 0.357. The number of halogens is 1. The minimum atomic E-state index is -0.345. The summed E-state index contributed by atoms with van der Waals surface area (Å²) in [6.45, 7) is 1.45. The molecule has 2 heterocycles. The second-order valence-corrected chi connectivity index (χ2v) is 5.06. The van der Waals surface area contributed by atoms with Gasteiger partial charge in [-0.3, -0.25) is 4.79 Å². The lowest BCUT2D eigenvalue weighted by Gasteiger charge is -2.25. The lowest BCUT2D eigenvalue weighted by molar-refractivity contribution is 0.0719. The van der Waals surface area contributed by atoms with Crippen molar-refractivity contribution in [1.29, 1.82) is 0 Å². The van der Waals surface area contributed by atoms with Crippen LogP contribution in [0.2, 0.25) is 0 Å². The molecule has 1 aromatic heterocycles. The van der Waals surface area contributed by atoms with Crippen molar-refractivity contribution in [2.75, 3.05) is 18.8 Å². The standard InChI is InChI=1S/C14H16FN5O/c15-10-4-6-11(7-5-10)20-13(16)12(17-18-20)14(21)19-8-2-1-3-9-19/h4-7H,1-3,8-9,16H2. The summed E-state index contributed by atoms with van der Waals surface area (Å²) >= 11 is 0. The molecule has 0 radical (unpaired) electrons. The van der Waals surface area contributed by atoms with Crippen molar-refractivity contribution in [3.63, 3.8) is 0 Å². The number of hydrogen-bond donors (Lipinski definition) is 1. The van der Waals surface area contributed by atoms with E-state index in [1.807, 2.05) is 0 Å². The quantitative estimate of drug-likeness (QED) is 0.911. The number of hydrogen-bond acceptors (Lipinski definition) is 4. The van der Waals surface area contributed by atoms with Gasteiger partial charge in [0.1, 0.15) is 5.82 Å². The fourth-order valence-corrected chi connectivity index (χ4v) is 2.46. The molecule has 2 aromatic rings. The van der Waals surface area contributed by atoms with Gasteiger partial charge in [-0.05, 0) is 43.5 Å². The van der Waals surface area contributed by atoms with Gasteiger partial charge in [-0.15, -0.1) is 5.10 Å². The highest BCUT2D eigenvalue weighted by Crippen LogP contribution is 2.19. The molecule has 1 aromatic carbocycles. The fourth-order valence-electron chi connectivity index (χ4n) is 2.46. The number of piperidine rings is 1. The van der Waals surface area contributed by atoms with Crippen LogP contribution >= 0.6 is 0 Å². The first-order valence-electron chi connectivity index (χ1n) is 6.93. The average Bonchev–Trinajstić information content (AvgIpc) is 2.90. The Hall–Kier alpha value is -2.44. The predicted octanol–water partition coefficient (Wildman–Crippen LogP) is 1.61. The van der Waals surface area contributed by atoms with Crippen LogP contribution in [0.15, 0.2) is 24.3 Å².